The Bertz CT molecular complexity index is 1260. The number of para-hydroxylation sites is 2. The lowest BCUT2D eigenvalue weighted by molar-refractivity contribution is 0.136. The minimum Gasteiger partial charge on any atom is -0.494 e. The normalized spacial score (nSPS) is 11.9. The zero-order valence-corrected chi connectivity index (χ0v) is 18.4. The van der Waals surface area contributed by atoms with Gasteiger partial charge in [-0.3, -0.25) is 18.9 Å². The number of benzene rings is 2. The molecule has 0 aliphatic carbocycles. The van der Waals surface area contributed by atoms with E-state index in [-0.39, 0.29) is 16.2 Å². The van der Waals surface area contributed by atoms with Crippen molar-refractivity contribution in [3.63, 3.8) is 0 Å². The van der Waals surface area contributed by atoms with Gasteiger partial charge in [0, 0.05) is 6.21 Å². The summed E-state index contributed by atoms with van der Waals surface area (Å²) in [6, 6.07) is 14.7. The van der Waals surface area contributed by atoms with E-state index in [1.54, 1.807) is 18.2 Å². The largest absolute Gasteiger partial charge is 0.494 e. The molecule has 0 fully saturated rings. The molecular weight excluding hydrogens is 414 g/mol. The topological polar surface area (TPSA) is 100.0 Å². The number of aliphatic hydroxyl groups excluding tert-OH is 2. The molecule has 1 heterocycles. The van der Waals surface area contributed by atoms with E-state index in [0.29, 0.717) is 11.4 Å². The Labute approximate surface area is 185 Å². The molecule has 2 aromatic carbocycles. The van der Waals surface area contributed by atoms with E-state index in [4.69, 9.17) is 12.2 Å². The van der Waals surface area contributed by atoms with Crippen molar-refractivity contribution >= 4 is 18.4 Å². The highest BCUT2D eigenvalue weighted by molar-refractivity contribution is 7.71. The second-order valence-corrected chi connectivity index (χ2v) is 8.01. The summed E-state index contributed by atoms with van der Waals surface area (Å²) in [5.74, 6) is -0.365. The minimum absolute atomic E-state index is 0.103. The third kappa shape index (κ3) is 4.23. The molecule has 0 radical (unpaired) electrons. The Morgan fingerprint density at radius 3 is 1.94 bits per heavy atom. The maximum Gasteiger partial charge on any atom is 0.271 e. The van der Waals surface area contributed by atoms with Crippen LogP contribution in [0.5, 0.6) is 5.88 Å². The summed E-state index contributed by atoms with van der Waals surface area (Å²) >= 11 is 5.65. The van der Waals surface area contributed by atoms with Crippen LogP contribution in [0, 0.1) is 18.6 Å². The van der Waals surface area contributed by atoms with Gasteiger partial charge in [-0.1, -0.05) is 36.4 Å². The lowest BCUT2D eigenvalue weighted by Crippen LogP contribution is -2.33. The highest BCUT2D eigenvalue weighted by Gasteiger charge is 2.23. The van der Waals surface area contributed by atoms with Crippen molar-refractivity contribution in [2.24, 2.45) is 4.99 Å². The summed E-state index contributed by atoms with van der Waals surface area (Å²) in [5, 5.41) is 30.2. The molecule has 0 saturated heterocycles. The molecule has 0 aliphatic rings. The van der Waals surface area contributed by atoms with Crippen LogP contribution in [0.4, 0.5) is 0 Å². The predicted molar refractivity (Wildman–Crippen MR) is 124 cm³/mol. The fourth-order valence-electron chi connectivity index (χ4n) is 3.14. The van der Waals surface area contributed by atoms with Gasteiger partial charge in [0.2, 0.25) is 5.88 Å². The van der Waals surface area contributed by atoms with E-state index in [0.717, 1.165) is 11.1 Å². The molecule has 3 aromatic rings. The maximum atomic E-state index is 13.4. The summed E-state index contributed by atoms with van der Waals surface area (Å²) in [6.07, 6.45) is 1.18. The van der Waals surface area contributed by atoms with Crippen LogP contribution in [0.3, 0.4) is 0 Å². The van der Waals surface area contributed by atoms with Crippen molar-refractivity contribution in [1.29, 1.82) is 0 Å². The van der Waals surface area contributed by atoms with Crippen molar-refractivity contribution in [3.8, 4) is 17.3 Å². The molecule has 31 heavy (non-hydrogen) atoms. The van der Waals surface area contributed by atoms with E-state index >= 15 is 0 Å². The molecule has 0 aliphatic heterocycles. The summed E-state index contributed by atoms with van der Waals surface area (Å²) in [6.45, 7) is 4.43. The molecule has 7 nitrogen and oxygen atoms in total. The number of aromatic hydroxyl groups is 1. The van der Waals surface area contributed by atoms with E-state index < -0.39 is 24.3 Å². The van der Waals surface area contributed by atoms with Gasteiger partial charge >= 0.3 is 0 Å². The van der Waals surface area contributed by atoms with Crippen molar-refractivity contribution < 1.29 is 15.3 Å². The molecule has 0 bridgehead atoms. The number of hydrogen-bond donors (Lipinski definition) is 3. The lowest BCUT2D eigenvalue weighted by atomic mass is 10.1. The molecule has 0 saturated carbocycles. The first kappa shape index (κ1) is 22.6. The zero-order valence-electron chi connectivity index (χ0n) is 17.6. The van der Waals surface area contributed by atoms with Crippen LogP contribution in [0.15, 0.2) is 58.3 Å². The Balaban J connectivity index is 2.44. The van der Waals surface area contributed by atoms with Gasteiger partial charge < -0.3 is 15.3 Å². The molecule has 0 spiro atoms. The van der Waals surface area contributed by atoms with Gasteiger partial charge in [0.05, 0.1) is 24.6 Å². The third-order valence-corrected chi connectivity index (χ3v) is 5.53. The Kier molecular flexibility index (Phi) is 6.54. The monoisotopic (exact) mass is 439 g/mol. The van der Waals surface area contributed by atoms with Crippen LogP contribution in [0.25, 0.3) is 11.4 Å². The second-order valence-electron chi connectivity index (χ2n) is 7.64. The minimum atomic E-state index is -1.20. The third-order valence-electron chi connectivity index (χ3n) is 5.17. The van der Waals surface area contributed by atoms with Gasteiger partial charge in [0.1, 0.15) is 11.1 Å². The first-order valence-corrected chi connectivity index (χ1v) is 10.1. The molecule has 3 N–H and O–H groups in total. The number of aliphatic hydroxyl groups is 2. The summed E-state index contributed by atoms with van der Waals surface area (Å²) in [4.78, 5) is 17.6. The van der Waals surface area contributed by atoms with E-state index in [9.17, 15) is 20.1 Å². The van der Waals surface area contributed by atoms with E-state index in [2.05, 4.69) is 4.99 Å². The van der Waals surface area contributed by atoms with Crippen LogP contribution >= 0.6 is 12.2 Å². The zero-order chi connectivity index (χ0) is 22.8. The van der Waals surface area contributed by atoms with E-state index in [1.165, 1.54) is 22.3 Å². The molecule has 0 atom stereocenters. The number of aromatic nitrogens is 2. The van der Waals surface area contributed by atoms with Crippen LogP contribution in [0.2, 0.25) is 0 Å². The summed E-state index contributed by atoms with van der Waals surface area (Å²) < 4.78 is 2.89. The van der Waals surface area contributed by atoms with Crippen LogP contribution < -0.4 is 5.56 Å². The van der Waals surface area contributed by atoms with Crippen molar-refractivity contribution in [3.05, 3.63) is 80.3 Å². The quantitative estimate of drug-likeness (QED) is 0.405. The standard InChI is InChI=1S/C23H25N3O4S/c1-15-8-4-6-10-18(15)25-20(29)17(12-24-23(3,13-27)14-28)21(30)26(22(25)31)19-11-7-5-9-16(19)2/h4-12,27-29H,13-14H2,1-3H3. The van der Waals surface area contributed by atoms with Crippen molar-refractivity contribution in [1.82, 2.24) is 9.13 Å². The number of aryl methyl sites for hydroxylation is 2. The van der Waals surface area contributed by atoms with Gasteiger partial charge in [-0.2, -0.15) is 0 Å². The molecule has 3 rings (SSSR count). The highest BCUT2D eigenvalue weighted by atomic mass is 32.1. The number of hydrogen-bond acceptors (Lipinski definition) is 6. The van der Waals surface area contributed by atoms with Gasteiger partial charge in [-0.25, -0.2) is 0 Å². The first-order chi connectivity index (χ1) is 14.7. The average molecular weight is 440 g/mol. The smallest absolute Gasteiger partial charge is 0.271 e. The lowest BCUT2D eigenvalue weighted by Gasteiger charge is -2.21. The fraction of sp³-hybridized carbons (Fsp3) is 0.261. The molecule has 1 aromatic heterocycles. The van der Waals surface area contributed by atoms with Gasteiger partial charge in [-0.05, 0) is 56.2 Å². The first-order valence-electron chi connectivity index (χ1n) is 9.74. The molecule has 0 amide bonds. The number of rotatable bonds is 6. The van der Waals surface area contributed by atoms with Crippen LogP contribution in [-0.2, 0) is 0 Å². The SMILES string of the molecule is Cc1ccccc1-n1c(O)c(C=NC(C)(CO)CO)c(=O)n(-c2ccccc2C)c1=S. The molecule has 8 heteroatoms. The second kappa shape index (κ2) is 8.97. The summed E-state index contributed by atoms with van der Waals surface area (Å²) in [7, 11) is 0. The number of nitrogens with zero attached hydrogens (tertiary/aromatic N) is 3. The highest BCUT2D eigenvalue weighted by Crippen LogP contribution is 2.25. The van der Waals surface area contributed by atoms with Gasteiger partial charge in [0.15, 0.2) is 4.77 Å². The summed E-state index contributed by atoms with van der Waals surface area (Å²) in [5.41, 5.74) is 1.03. The van der Waals surface area contributed by atoms with Gasteiger partial charge in [0.25, 0.3) is 5.56 Å². The number of aliphatic imine (C=N–C) groups is 1. The average Bonchev–Trinajstić information content (AvgIpc) is 2.76. The Morgan fingerprint density at radius 2 is 1.45 bits per heavy atom. The van der Waals surface area contributed by atoms with Gasteiger partial charge in [-0.15, -0.1) is 0 Å². The Morgan fingerprint density at radius 1 is 0.968 bits per heavy atom. The van der Waals surface area contributed by atoms with Crippen molar-refractivity contribution in [2.75, 3.05) is 13.2 Å². The Hall–Kier alpha value is -3.07. The molecule has 162 valence electrons. The molecule has 0 unspecified atom stereocenters. The van der Waals surface area contributed by atoms with Crippen LogP contribution in [0.1, 0.15) is 23.6 Å². The van der Waals surface area contributed by atoms with E-state index in [1.807, 2.05) is 44.2 Å². The van der Waals surface area contributed by atoms with Crippen LogP contribution in [-0.4, -0.2) is 49.4 Å². The molecular formula is C23H25N3O4S. The van der Waals surface area contributed by atoms with Crippen molar-refractivity contribution in [2.45, 2.75) is 26.3 Å². The maximum absolute atomic E-state index is 13.4. The predicted octanol–water partition coefficient (Wildman–Crippen LogP) is 2.84. The fourth-order valence-corrected chi connectivity index (χ4v) is 3.50.